The van der Waals surface area contributed by atoms with Gasteiger partial charge in [-0.15, -0.1) is 0 Å². The Hall–Kier alpha value is -0.980. The minimum atomic E-state index is -4.26. The summed E-state index contributed by atoms with van der Waals surface area (Å²) >= 11 is 0. The molecule has 0 radical (unpaired) electrons. The first-order valence-corrected chi connectivity index (χ1v) is 5.53. The molecule has 1 fully saturated rings. The molecular formula is C10H17F3N2O2. The van der Waals surface area contributed by atoms with Gasteiger partial charge in [-0.3, -0.25) is 0 Å². The normalized spacial score (nSPS) is 17.7. The summed E-state index contributed by atoms with van der Waals surface area (Å²) in [6, 6.07) is -0.589. The lowest BCUT2D eigenvalue weighted by Gasteiger charge is -2.21. The van der Waals surface area contributed by atoms with Crippen molar-refractivity contribution in [1.29, 1.82) is 0 Å². The molecule has 0 heterocycles. The maximum atomic E-state index is 11.8. The highest BCUT2D eigenvalue weighted by atomic mass is 19.4. The lowest BCUT2D eigenvalue weighted by atomic mass is 10.2. The maximum absolute atomic E-state index is 11.8. The minimum Gasteiger partial charge on any atom is -0.391 e. The summed E-state index contributed by atoms with van der Waals surface area (Å²) in [6.45, 7) is -0.283. The molecule has 4 nitrogen and oxygen atoms in total. The average molecular weight is 254 g/mol. The van der Waals surface area contributed by atoms with E-state index < -0.39 is 31.3 Å². The molecule has 0 spiro atoms. The lowest BCUT2D eigenvalue weighted by molar-refractivity contribution is -0.133. The second kappa shape index (κ2) is 5.57. The van der Waals surface area contributed by atoms with Gasteiger partial charge in [-0.1, -0.05) is 0 Å². The van der Waals surface area contributed by atoms with Crippen LogP contribution in [0.5, 0.6) is 0 Å². The first kappa shape index (κ1) is 14.1. The number of nitrogens with one attached hydrogen (secondary N) is 1. The highest BCUT2D eigenvalue weighted by molar-refractivity contribution is 5.73. The quantitative estimate of drug-likeness (QED) is 0.778. The molecule has 7 heteroatoms. The third-order valence-electron chi connectivity index (χ3n) is 2.66. The molecule has 2 N–H and O–H groups in total. The zero-order chi connectivity index (χ0) is 13.1. The molecule has 1 unspecified atom stereocenters. The van der Waals surface area contributed by atoms with E-state index in [0.29, 0.717) is 0 Å². The number of hydrogen-bond acceptors (Lipinski definition) is 2. The number of urea groups is 1. The van der Waals surface area contributed by atoms with Crippen LogP contribution in [0, 0.1) is 5.92 Å². The first-order valence-electron chi connectivity index (χ1n) is 5.53. The molecule has 1 atom stereocenters. The molecule has 2 amide bonds. The highest BCUT2D eigenvalue weighted by Crippen LogP contribution is 2.32. The van der Waals surface area contributed by atoms with Crippen LogP contribution in [0.4, 0.5) is 18.0 Å². The fourth-order valence-corrected chi connectivity index (χ4v) is 1.44. The van der Waals surface area contributed by atoms with Gasteiger partial charge in [0.25, 0.3) is 0 Å². The third-order valence-corrected chi connectivity index (χ3v) is 2.66. The maximum Gasteiger partial charge on any atom is 0.390 e. The van der Waals surface area contributed by atoms with Crippen molar-refractivity contribution < 1.29 is 23.1 Å². The standard InChI is InChI=1S/C10H17F3N2O2/c1-15(6-8(16)7-2-3-7)9(17)14-5-4-10(11,12)13/h7-8,16H,2-6H2,1H3,(H,14,17). The number of likely N-dealkylation sites (N-methyl/N-ethyl adjacent to an activating group) is 1. The second-order valence-corrected chi connectivity index (χ2v) is 4.38. The van der Waals surface area contributed by atoms with Crippen molar-refractivity contribution in [3.8, 4) is 0 Å². The second-order valence-electron chi connectivity index (χ2n) is 4.38. The van der Waals surface area contributed by atoms with Gasteiger partial charge in [0.2, 0.25) is 0 Å². The van der Waals surface area contributed by atoms with Crippen molar-refractivity contribution in [3.05, 3.63) is 0 Å². The largest absolute Gasteiger partial charge is 0.391 e. The summed E-state index contributed by atoms with van der Waals surface area (Å²) in [4.78, 5) is 12.6. The molecular weight excluding hydrogens is 237 g/mol. The highest BCUT2D eigenvalue weighted by Gasteiger charge is 2.31. The van der Waals surface area contributed by atoms with E-state index in [1.807, 2.05) is 0 Å². The molecule has 1 aliphatic rings. The van der Waals surface area contributed by atoms with Crippen molar-refractivity contribution in [2.45, 2.75) is 31.5 Å². The molecule has 0 saturated heterocycles. The monoisotopic (exact) mass is 254 g/mol. The van der Waals surface area contributed by atoms with Crippen LogP contribution < -0.4 is 5.32 Å². The number of amides is 2. The van der Waals surface area contributed by atoms with Gasteiger partial charge in [-0.2, -0.15) is 13.2 Å². The molecule has 0 aromatic rings. The van der Waals surface area contributed by atoms with E-state index in [1.165, 1.54) is 11.9 Å². The summed E-state index contributed by atoms with van der Waals surface area (Å²) in [5, 5.41) is 11.7. The summed E-state index contributed by atoms with van der Waals surface area (Å²) in [7, 11) is 1.45. The zero-order valence-electron chi connectivity index (χ0n) is 9.63. The SMILES string of the molecule is CN(CC(O)C1CC1)C(=O)NCCC(F)(F)F. The van der Waals surface area contributed by atoms with Gasteiger partial charge < -0.3 is 15.3 Å². The Morgan fingerprint density at radius 3 is 2.59 bits per heavy atom. The van der Waals surface area contributed by atoms with Crippen LogP contribution in [-0.4, -0.2) is 48.5 Å². The van der Waals surface area contributed by atoms with Crippen molar-refractivity contribution in [2.24, 2.45) is 5.92 Å². The van der Waals surface area contributed by atoms with Gasteiger partial charge in [0.05, 0.1) is 12.5 Å². The van der Waals surface area contributed by atoms with Crippen LogP contribution in [0.15, 0.2) is 0 Å². The zero-order valence-corrected chi connectivity index (χ0v) is 9.63. The number of alkyl halides is 3. The number of aliphatic hydroxyl groups is 1. The van der Waals surface area contributed by atoms with Crippen molar-refractivity contribution in [2.75, 3.05) is 20.1 Å². The Morgan fingerprint density at radius 2 is 2.12 bits per heavy atom. The van der Waals surface area contributed by atoms with Gasteiger partial charge in [0.15, 0.2) is 0 Å². The van der Waals surface area contributed by atoms with E-state index in [9.17, 15) is 23.1 Å². The van der Waals surface area contributed by atoms with E-state index in [-0.39, 0.29) is 12.5 Å². The summed E-state index contributed by atoms with van der Waals surface area (Å²) in [6.07, 6.45) is -3.99. The topological polar surface area (TPSA) is 52.6 Å². The number of hydrogen-bond donors (Lipinski definition) is 2. The minimum absolute atomic E-state index is 0.155. The van der Waals surface area contributed by atoms with Gasteiger partial charge in [-0.25, -0.2) is 4.79 Å². The Kier molecular flexibility index (Phi) is 4.62. The number of rotatable bonds is 5. The van der Waals surface area contributed by atoms with Crippen LogP contribution in [0.25, 0.3) is 0 Å². The predicted octanol–water partition coefficient (Wildman–Crippen LogP) is 1.35. The van der Waals surface area contributed by atoms with Crippen LogP contribution in [0.3, 0.4) is 0 Å². The number of nitrogens with zero attached hydrogens (tertiary/aromatic N) is 1. The van der Waals surface area contributed by atoms with Gasteiger partial charge in [0, 0.05) is 20.1 Å². The third kappa shape index (κ3) is 5.76. The fourth-order valence-electron chi connectivity index (χ4n) is 1.44. The Balaban J connectivity index is 2.17. The fraction of sp³-hybridized carbons (Fsp3) is 0.900. The van der Waals surface area contributed by atoms with E-state index in [0.717, 1.165) is 12.8 Å². The Bertz CT molecular complexity index is 267. The van der Waals surface area contributed by atoms with E-state index in [4.69, 9.17) is 0 Å². The van der Waals surface area contributed by atoms with E-state index in [2.05, 4.69) is 5.32 Å². The smallest absolute Gasteiger partial charge is 0.390 e. The van der Waals surface area contributed by atoms with Crippen molar-refractivity contribution in [3.63, 3.8) is 0 Å². The molecule has 1 rings (SSSR count). The molecule has 1 aliphatic carbocycles. The predicted molar refractivity (Wildman–Crippen MR) is 55.4 cm³/mol. The average Bonchev–Trinajstić information content (AvgIpc) is 2.98. The number of carbonyl (C=O) groups is 1. The van der Waals surface area contributed by atoms with E-state index in [1.54, 1.807) is 0 Å². The molecule has 0 bridgehead atoms. The van der Waals surface area contributed by atoms with Crippen LogP contribution in [0.2, 0.25) is 0 Å². The summed E-state index contributed by atoms with van der Waals surface area (Å²) < 4.78 is 35.5. The molecule has 100 valence electrons. The summed E-state index contributed by atoms with van der Waals surface area (Å²) in [5.74, 6) is 0.237. The number of halogens is 3. The van der Waals surface area contributed by atoms with Crippen molar-refractivity contribution >= 4 is 6.03 Å². The number of aliphatic hydroxyl groups excluding tert-OH is 1. The van der Waals surface area contributed by atoms with Crippen molar-refractivity contribution in [1.82, 2.24) is 10.2 Å². The van der Waals surface area contributed by atoms with Crippen LogP contribution in [-0.2, 0) is 0 Å². The van der Waals surface area contributed by atoms with Gasteiger partial charge in [-0.05, 0) is 18.8 Å². The van der Waals surface area contributed by atoms with Gasteiger partial charge >= 0.3 is 12.2 Å². The van der Waals surface area contributed by atoms with E-state index >= 15 is 0 Å². The first-order chi connectivity index (χ1) is 7.79. The Morgan fingerprint density at radius 1 is 1.53 bits per heavy atom. The molecule has 1 saturated carbocycles. The Labute approximate surface area is 97.8 Å². The van der Waals surface area contributed by atoms with Crippen LogP contribution >= 0.6 is 0 Å². The molecule has 17 heavy (non-hydrogen) atoms. The van der Waals surface area contributed by atoms with Gasteiger partial charge in [0.1, 0.15) is 0 Å². The molecule has 0 aromatic heterocycles. The summed E-state index contributed by atoms with van der Waals surface area (Å²) in [5.41, 5.74) is 0. The number of carbonyl (C=O) groups excluding carboxylic acids is 1. The molecule has 0 aliphatic heterocycles. The molecule has 0 aromatic carbocycles. The van der Waals surface area contributed by atoms with Crippen LogP contribution in [0.1, 0.15) is 19.3 Å². The lowest BCUT2D eigenvalue weighted by Crippen LogP contribution is -2.42.